The van der Waals surface area contributed by atoms with Gasteiger partial charge in [-0.3, -0.25) is 15.5 Å². The van der Waals surface area contributed by atoms with Gasteiger partial charge in [0.1, 0.15) is 6.23 Å². The molecule has 3 saturated heterocycles. The summed E-state index contributed by atoms with van der Waals surface area (Å²) in [5, 5.41) is 7.23. The zero-order chi connectivity index (χ0) is 19.9. The molecule has 4 atom stereocenters. The maximum Gasteiger partial charge on any atom is 0.114 e. The highest BCUT2D eigenvalue weighted by molar-refractivity contribution is 4.94. The number of hydrogen-bond donors (Lipinski definition) is 2. The lowest BCUT2D eigenvalue weighted by atomic mass is 9.79. The molecule has 3 rings (SSSR count). The lowest BCUT2D eigenvalue weighted by Crippen LogP contribution is -2.49. The van der Waals surface area contributed by atoms with Gasteiger partial charge in [0.15, 0.2) is 0 Å². The van der Waals surface area contributed by atoms with Crippen LogP contribution in [-0.4, -0.2) is 69.1 Å². The summed E-state index contributed by atoms with van der Waals surface area (Å²) in [7, 11) is 0. The first-order chi connectivity index (χ1) is 12.5. The van der Waals surface area contributed by atoms with Gasteiger partial charge in [-0.25, -0.2) is 0 Å². The fourth-order valence-corrected chi connectivity index (χ4v) is 4.59. The van der Waals surface area contributed by atoms with E-state index in [-0.39, 0.29) is 22.5 Å². The smallest absolute Gasteiger partial charge is 0.114 e. The summed E-state index contributed by atoms with van der Waals surface area (Å²) in [4.78, 5) is 2.43. The standard InChI is InChI=1S/C21H41N3O3/c1-19(2,3)17-9-24(14-27-17)12-21(6,7)18-23-15(10-26-18)8-20(4,5)16-11-25-13-22-16/h15-18,22-23H,8-14H2,1-7H3. The first-order valence-corrected chi connectivity index (χ1v) is 10.5. The number of nitrogens with one attached hydrogen (secondary N) is 2. The van der Waals surface area contributed by atoms with Gasteiger partial charge in [-0.05, 0) is 17.3 Å². The minimum Gasteiger partial charge on any atom is -0.365 e. The van der Waals surface area contributed by atoms with E-state index in [4.69, 9.17) is 14.2 Å². The minimum absolute atomic E-state index is 0.0315. The monoisotopic (exact) mass is 383 g/mol. The highest BCUT2D eigenvalue weighted by atomic mass is 16.5. The van der Waals surface area contributed by atoms with Crippen molar-refractivity contribution in [2.75, 3.05) is 39.8 Å². The van der Waals surface area contributed by atoms with Crippen LogP contribution in [0.25, 0.3) is 0 Å². The molecule has 6 nitrogen and oxygen atoms in total. The van der Waals surface area contributed by atoms with Crippen LogP contribution in [0, 0.1) is 16.2 Å². The van der Waals surface area contributed by atoms with E-state index in [1.807, 2.05) is 0 Å². The Balaban J connectivity index is 1.50. The van der Waals surface area contributed by atoms with Gasteiger partial charge in [-0.15, -0.1) is 0 Å². The Hall–Kier alpha value is -0.240. The molecule has 3 fully saturated rings. The van der Waals surface area contributed by atoms with Crippen molar-refractivity contribution in [1.29, 1.82) is 0 Å². The summed E-state index contributed by atoms with van der Waals surface area (Å²) in [6.45, 7) is 21.0. The zero-order valence-corrected chi connectivity index (χ0v) is 18.4. The maximum atomic E-state index is 6.21. The topological polar surface area (TPSA) is 55.0 Å². The van der Waals surface area contributed by atoms with Crippen LogP contribution < -0.4 is 10.6 Å². The van der Waals surface area contributed by atoms with E-state index in [0.29, 0.717) is 24.9 Å². The SMILES string of the molecule is CC(C)(C)C1CN(CC(C)(C)C2NC(CC(C)(C)C3COCN3)CO2)CO1. The van der Waals surface area contributed by atoms with Gasteiger partial charge in [0.2, 0.25) is 0 Å². The molecular formula is C21H41N3O3. The third-order valence-electron chi connectivity index (χ3n) is 6.47. The van der Waals surface area contributed by atoms with Crippen molar-refractivity contribution in [3.8, 4) is 0 Å². The van der Waals surface area contributed by atoms with Crippen LogP contribution >= 0.6 is 0 Å². The molecule has 0 radical (unpaired) electrons. The predicted octanol–water partition coefficient (Wildman–Crippen LogP) is 2.39. The Kier molecular flexibility index (Phi) is 6.27. The summed E-state index contributed by atoms with van der Waals surface area (Å²) < 4.78 is 17.8. The van der Waals surface area contributed by atoms with Crippen molar-refractivity contribution in [1.82, 2.24) is 15.5 Å². The number of ether oxygens (including phenoxy) is 3. The highest BCUT2D eigenvalue weighted by Crippen LogP contribution is 2.35. The van der Waals surface area contributed by atoms with E-state index in [0.717, 1.165) is 39.5 Å². The van der Waals surface area contributed by atoms with Gasteiger partial charge in [0.05, 0.1) is 32.8 Å². The molecule has 3 aliphatic heterocycles. The van der Waals surface area contributed by atoms with E-state index in [9.17, 15) is 0 Å². The highest BCUT2D eigenvalue weighted by Gasteiger charge is 2.43. The molecule has 158 valence electrons. The molecule has 0 aliphatic carbocycles. The van der Waals surface area contributed by atoms with Crippen molar-refractivity contribution >= 4 is 0 Å². The average Bonchev–Trinajstić information content (AvgIpc) is 3.27. The van der Waals surface area contributed by atoms with Gasteiger partial charge in [0, 0.05) is 30.6 Å². The molecule has 0 saturated carbocycles. The predicted molar refractivity (Wildman–Crippen MR) is 107 cm³/mol. The van der Waals surface area contributed by atoms with E-state index in [2.05, 4.69) is 64.0 Å². The zero-order valence-electron chi connectivity index (χ0n) is 18.4. The van der Waals surface area contributed by atoms with Crippen LogP contribution in [0.1, 0.15) is 54.9 Å². The van der Waals surface area contributed by atoms with Crippen LogP contribution in [0.3, 0.4) is 0 Å². The Morgan fingerprint density at radius 3 is 2.30 bits per heavy atom. The van der Waals surface area contributed by atoms with Crippen LogP contribution in [0.2, 0.25) is 0 Å². The first-order valence-electron chi connectivity index (χ1n) is 10.5. The molecule has 2 N–H and O–H groups in total. The summed E-state index contributed by atoms with van der Waals surface area (Å²) >= 11 is 0. The van der Waals surface area contributed by atoms with Crippen LogP contribution in [-0.2, 0) is 14.2 Å². The van der Waals surface area contributed by atoms with Crippen molar-refractivity contribution in [3.63, 3.8) is 0 Å². The van der Waals surface area contributed by atoms with E-state index in [1.165, 1.54) is 0 Å². The second-order valence-electron chi connectivity index (χ2n) is 11.2. The summed E-state index contributed by atoms with van der Waals surface area (Å²) in [6.07, 6.45) is 1.47. The van der Waals surface area contributed by atoms with Gasteiger partial charge < -0.3 is 14.2 Å². The van der Waals surface area contributed by atoms with Gasteiger partial charge >= 0.3 is 0 Å². The number of hydrogen-bond acceptors (Lipinski definition) is 6. The molecule has 0 amide bonds. The van der Waals surface area contributed by atoms with Crippen molar-refractivity contribution in [2.45, 2.75) is 79.3 Å². The molecule has 3 heterocycles. The van der Waals surface area contributed by atoms with Crippen molar-refractivity contribution in [2.24, 2.45) is 16.2 Å². The molecule has 6 heteroatoms. The molecule has 3 aliphatic rings. The summed E-state index contributed by atoms with van der Waals surface area (Å²) in [6, 6.07) is 0.811. The maximum absolute atomic E-state index is 6.21. The summed E-state index contributed by atoms with van der Waals surface area (Å²) in [5.74, 6) is 0. The number of nitrogens with zero attached hydrogens (tertiary/aromatic N) is 1. The molecular weight excluding hydrogens is 342 g/mol. The lowest BCUT2D eigenvalue weighted by molar-refractivity contribution is -0.0178. The molecule has 27 heavy (non-hydrogen) atoms. The Morgan fingerprint density at radius 1 is 0.963 bits per heavy atom. The van der Waals surface area contributed by atoms with Gasteiger partial charge in [-0.2, -0.15) is 0 Å². The average molecular weight is 384 g/mol. The summed E-state index contributed by atoms with van der Waals surface area (Å²) in [5.41, 5.74) is 0.401. The van der Waals surface area contributed by atoms with E-state index < -0.39 is 0 Å². The third kappa shape index (κ3) is 5.22. The first kappa shape index (κ1) is 21.5. The quantitative estimate of drug-likeness (QED) is 0.735. The third-order valence-corrected chi connectivity index (χ3v) is 6.47. The molecule has 4 unspecified atom stereocenters. The molecule has 0 bridgehead atoms. The Bertz CT molecular complexity index is 497. The largest absolute Gasteiger partial charge is 0.365 e. The molecule has 0 aromatic heterocycles. The second-order valence-corrected chi connectivity index (χ2v) is 11.2. The van der Waals surface area contributed by atoms with Crippen LogP contribution in [0.15, 0.2) is 0 Å². The molecule has 0 spiro atoms. The second kappa shape index (κ2) is 7.88. The fraction of sp³-hybridized carbons (Fsp3) is 1.00. The van der Waals surface area contributed by atoms with E-state index >= 15 is 0 Å². The van der Waals surface area contributed by atoms with E-state index in [1.54, 1.807) is 0 Å². The minimum atomic E-state index is 0.0315. The molecule has 0 aromatic carbocycles. The van der Waals surface area contributed by atoms with Crippen molar-refractivity contribution in [3.05, 3.63) is 0 Å². The van der Waals surface area contributed by atoms with Gasteiger partial charge in [-0.1, -0.05) is 48.5 Å². The Morgan fingerprint density at radius 2 is 1.70 bits per heavy atom. The van der Waals surface area contributed by atoms with Crippen LogP contribution in [0.5, 0.6) is 0 Å². The normalized spacial score (nSPS) is 33.9. The Labute approximate surface area is 165 Å². The van der Waals surface area contributed by atoms with Crippen LogP contribution in [0.4, 0.5) is 0 Å². The van der Waals surface area contributed by atoms with Crippen molar-refractivity contribution < 1.29 is 14.2 Å². The molecule has 0 aromatic rings. The lowest BCUT2D eigenvalue weighted by Gasteiger charge is -2.36. The number of rotatable bonds is 6. The fourth-order valence-electron chi connectivity index (χ4n) is 4.59. The van der Waals surface area contributed by atoms with Gasteiger partial charge in [0.25, 0.3) is 0 Å².